The fourth-order valence-electron chi connectivity index (χ4n) is 2.69. The van der Waals surface area contributed by atoms with Gasteiger partial charge in [-0.1, -0.05) is 102 Å². The number of aliphatic hydroxyl groups excluding tert-OH is 1. The number of hydrogen-bond donors (Lipinski definition) is 1. The van der Waals surface area contributed by atoms with Crippen LogP contribution in [0.2, 0.25) is 0 Å². The van der Waals surface area contributed by atoms with Gasteiger partial charge < -0.3 is 9.84 Å². The molecule has 0 aromatic rings. The molecular weight excluding hydrogens is 300 g/mol. The van der Waals surface area contributed by atoms with Crippen LogP contribution in [0.25, 0.3) is 0 Å². The molecule has 0 aliphatic rings. The molecule has 3 nitrogen and oxygen atoms in total. The summed E-state index contributed by atoms with van der Waals surface area (Å²) in [6.07, 6.45) is 22.6. The molecule has 0 bridgehead atoms. The number of carbonyl (C=O) groups is 1. The van der Waals surface area contributed by atoms with Gasteiger partial charge in [-0.25, -0.2) is 4.79 Å². The molecule has 24 heavy (non-hydrogen) atoms. The highest BCUT2D eigenvalue weighted by Gasteiger charge is 1.99. The lowest BCUT2D eigenvalue weighted by Gasteiger charge is -2.05. The van der Waals surface area contributed by atoms with Crippen molar-refractivity contribution >= 4 is 5.97 Å². The SMILES string of the molecule is CCCCCCCCCCCCCCC(O)C=CC=CC(=O)OC. The van der Waals surface area contributed by atoms with Crippen molar-refractivity contribution in [2.45, 2.75) is 96.5 Å². The minimum absolute atomic E-state index is 0.380. The highest BCUT2D eigenvalue weighted by molar-refractivity contribution is 5.82. The Labute approximate surface area is 149 Å². The second kappa shape index (κ2) is 18.3. The smallest absolute Gasteiger partial charge is 0.330 e. The normalized spacial score (nSPS) is 13.0. The zero-order valence-corrected chi connectivity index (χ0v) is 15.8. The van der Waals surface area contributed by atoms with Gasteiger partial charge in [-0.15, -0.1) is 0 Å². The first-order valence-electron chi connectivity index (χ1n) is 9.81. The van der Waals surface area contributed by atoms with Crippen molar-refractivity contribution in [3.8, 4) is 0 Å². The number of unbranched alkanes of at least 4 members (excludes halogenated alkanes) is 11. The molecule has 0 radical (unpaired) electrons. The van der Waals surface area contributed by atoms with E-state index in [9.17, 15) is 9.90 Å². The van der Waals surface area contributed by atoms with Crippen molar-refractivity contribution in [1.29, 1.82) is 0 Å². The van der Waals surface area contributed by atoms with Crippen molar-refractivity contribution in [3.63, 3.8) is 0 Å². The van der Waals surface area contributed by atoms with Crippen LogP contribution in [0.15, 0.2) is 24.3 Å². The van der Waals surface area contributed by atoms with E-state index in [1.807, 2.05) is 0 Å². The number of esters is 1. The van der Waals surface area contributed by atoms with Gasteiger partial charge in [0, 0.05) is 6.08 Å². The number of hydrogen-bond acceptors (Lipinski definition) is 3. The zero-order valence-electron chi connectivity index (χ0n) is 15.8. The minimum Gasteiger partial charge on any atom is -0.466 e. The molecule has 140 valence electrons. The third kappa shape index (κ3) is 17.3. The van der Waals surface area contributed by atoms with Crippen LogP contribution in [0, 0.1) is 0 Å². The molecule has 0 heterocycles. The van der Waals surface area contributed by atoms with Crippen LogP contribution in [0.5, 0.6) is 0 Å². The number of methoxy groups -OCH3 is 1. The molecular formula is C21H38O3. The molecule has 0 amide bonds. The summed E-state index contributed by atoms with van der Waals surface area (Å²) >= 11 is 0. The van der Waals surface area contributed by atoms with Gasteiger partial charge in [-0.3, -0.25) is 0 Å². The third-order valence-electron chi connectivity index (χ3n) is 4.23. The monoisotopic (exact) mass is 338 g/mol. The lowest BCUT2D eigenvalue weighted by molar-refractivity contribution is -0.134. The Bertz CT molecular complexity index is 334. The molecule has 1 N–H and O–H groups in total. The van der Waals surface area contributed by atoms with Gasteiger partial charge in [0.25, 0.3) is 0 Å². The molecule has 0 aromatic carbocycles. The summed E-state index contributed by atoms with van der Waals surface area (Å²) in [5.74, 6) is -0.380. The van der Waals surface area contributed by atoms with E-state index in [4.69, 9.17) is 0 Å². The van der Waals surface area contributed by atoms with Crippen LogP contribution in [0.1, 0.15) is 90.4 Å². The van der Waals surface area contributed by atoms with Crippen LogP contribution in [0.3, 0.4) is 0 Å². The van der Waals surface area contributed by atoms with E-state index in [0.29, 0.717) is 0 Å². The maximum Gasteiger partial charge on any atom is 0.330 e. The first kappa shape index (κ1) is 22.9. The molecule has 0 saturated carbocycles. The number of allylic oxidation sites excluding steroid dienone is 2. The predicted octanol–water partition coefficient (Wildman–Crippen LogP) is 5.72. The molecule has 0 aromatic heterocycles. The Hall–Kier alpha value is -1.09. The van der Waals surface area contributed by atoms with E-state index >= 15 is 0 Å². The molecule has 1 atom stereocenters. The molecule has 1 unspecified atom stereocenters. The zero-order chi connectivity index (χ0) is 17.9. The summed E-state index contributed by atoms with van der Waals surface area (Å²) in [6.45, 7) is 2.26. The Kier molecular flexibility index (Phi) is 17.4. The average molecular weight is 339 g/mol. The summed E-state index contributed by atoms with van der Waals surface area (Å²) in [7, 11) is 1.35. The standard InChI is InChI=1S/C21H38O3/c1-3-4-5-6-7-8-9-10-11-12-13-14-17-20(22)18-15-16-19-21(23)24-2/h15-16,18-20,22H,3-14,17H2,1-2H3. The summed E-state index contributed by atoms with van der Waals surface area (Å²) < 4.78 is 4.48. The van der Waals surface area contributed by atoms with Gasteiger partial charge >= 0.3 is 5.97 Å². The largest absolute Gasteiger partial charge is 0.466 e. The van der Waals surface area contributed by atoms with Crippen molar-refractivity contribution in [3.05, 3.63) is 24.3 Å². The number of aliphatic hydroxyl groups is 1. The first-order chi connectivity index (χ1) is 11.7. The van der Waals surface area contributed by atoms with Gasteiger partial charge in [0.1, 0.15) is 0 Å². The lowest BCUT2D eigenvalue weighted by Crippen LogP contribution is -2.01. The first-order valence-corrected chi connectivity index (χ1v) is 9.81. The summed E-state index contributed by atoms with van der Waals surface area (Å²) in [6, 6.07) is 0. The molecule has 0 spiro atoms. The van der Waals surface area contributed by atoms with E-state index in [2.05, 4.69) is 11.7 Å². The Morgan fingerprint density at radius 1 is 0.875 bits per heavy atom. The molecule has 0 aliphatic heterocycles. The van der Waals surface area contributed by atoms with Crippen molar-refractivity contribution in [1.82, 2.24) is 0 Å². The average Bonchev–Trinajstić information content (AvgIpc) is 2.59. The van der Waals surface area contributed by atoms with E-state index < -0.39 is 6.10 Å². The maximum atomic E-state index is 10.8. The van der Waals surface area contributed by atoms with E-state index in [1.54, 1.807) is 18.2 Å². The van der Waals surface area contributed by atoms with Gasteiger partial charge in [0.2, 0.25) is 0 Å². The molecule has 0 rings (SSSR count). The van der Waals surface area contributed by atoms with Gasteiger partial charge in [0.05, 0.1) is 13.2 Å². The van der Waals surface area contributed by atoms with Crippen molar-refractivity contribution < 1.29 is 14.6 Å². The van der Waals surface area contributed by atoms with Crippen LogP contribution in [-0.4, -0.2) is 24.3 Å². The summed E-state index contributed by atoms with van der Waals surface area (Å²) in [5.41, 5.74) is 0. The van der Waals surface area contributed by atoms with E-state index in [-0.39, 0.29) is 5.97 Å². The highest BCUT2D eigenvalue weighted by atomic mass is 16.5. The third-order valence-corrected chi connectivity index (χ3v) is 4.23. The summed E-state index contributed by atoms with van der Waals surface area (Å²) in [4.78, 5) is 10.8. The van der Waals surface area contributed by atoms with Gasteiger partial charge in [-0.2, -0.15) is 0 Å². The molecule has 0 aliphatic carbocycles. The molecule has 3 heteroatoms. The molecule has 0 saturated heterocycles. The lowest BCUT2D eigenvalue weighted by atomic mass is 10.0. The van der Waals surface area contributed by atoms with E-state index in [1.165, 1.54) is 83.8 Å². The summed E-state index contributed by atoms with van der Waals surface area (Å²) in [5, 5.41) is 9.80. The van der Waals surface area contributed by atoms with Crippen LogP contribution < -0.4 is 0 Å². The fourth-order valence-corrected chi connectivity index (χ4v) is 2.69. The van der Waals surface area contributed by atoms with E-state index in [0.717, 1.165) is 12.8 Å². The Balaban J connectivity index is 3.33. The second-order valence-electron chi connectivity index (χ2n) is 6.51. The predicted molar refractivity (Wildman–Crippen MR) is 102 cm³/mol. The maximum absolute atomic E-state index is 10.8. The topological polar surface area (TPSA) is 46.5 Å². The molecule has 0 fully saturated rings. The van der Waals surface area contributed by atoms with Gasteiger partial charge in [-0.05, 0) is 6.42 Å². The van der Waals surface area contributed by atoms with Gasteiger partial charge in [0.15, 0.2) is 0 Å². The fraction of sp³-hybridized carbons (Fsp3) is 0.762. The van der Waals surface area contributed by atoms with Crippen molar-refractivity contribution in [2.24, 2.45) is 0 Å². The van der Waals surface area contributed by atoms with Crippen LogP contribution in [-0.2, 0) is 9.53 Å². The highest BCUT2D eigenvalue weighted by Crippen LogP contribution is 2.13. The Morgan fingerprint density at radius 3 is 1.88 bits per heavy atom. The number of rotatable bonds is 16. The Morgan fingerprint density at radius 2 is 1.38 bits per heavy atom. The van der Waals surface area contributed by atoms with Crippen LogP contribution >= 0.6 is 0 Å². The number of carbonyl (C=O) groups excluding carboxylic acids is 1. The minimum atomic E-state index is -0.421. The second-order valence-corrected chi connectivity index (χ2v) is 6.51. The van der Waals surface area contributed by atoms with Crippen molar-refractivity contribution in [2.75, 3.05) is 7.11 Å². The number of ether oxygens (including phenoxy) is 1. The quantitative estimate of drug-likeness (QED) is 0.169. The van der Waals surface area contributed by atoms with Crippen LogP contribution in [0.4, 0.5) is 0 Å².